The molecule has 0 aliphatic carbocycles. The summed E-state index contributed by atoms with van der Waals surface area (Å²) in [5.41, 5.74) is 0. The van der Waals surface area contributed by atoms with Gasteiger partial charge in [0.15, 0.2) is 0 Å². The van der Waals surface area contributed by atoms with Gasteiger partial charge in [0.25, 0.3) is 0 Å². The first-order chi connectivity index (χ1) is 26.8. The van der Waals surface area contributed by atoms with Crippen molar-refractivity contribution in [2.24, 2.45) is 0 Å². The number of rotatable bonds is 44. The van der Waals surface area contributed by atoms with Gasteiger partial charge in [0.2, 0.25) is 0 Å². The summed E-state index contributed by atoms with van der Waals surface area (Å²) in [6, 6.07) is 0. The first kappa shape index (κ1) is 53.9. The summed E-state index contributed by atoms with van der Waals surface area (Å²) in [5.74, 6) is -0.390. The Morgan fingerprint density at radius 1 is 0.545 bits per heavy atom. The second-order valence-electron chi connectivity index (χ2n) is 15.4. The van der Waals surface area contributed by atoms with E-state index in [0.717, 1.165) is 57.8 Å². The van der Waals surface area contributed by atoms with E-state index >= 15 is 0 Å². The Balaban J connectivity index is 4.11. The number of hydrogen-bond acceptors (Lipinski definition) is 8. The third-order valence-corrected chi connectivity index (χ3v) is 10.8. The highest BCUT2D eigenvalue weighted by Gasteiger charge is 2.26. The molecule has 0 aliphatic rings. The minimum absolute atomic E-state index is 0.0478. The van der Waals surface area contributed by atoms with Crippen molar-refractivity contribution in [3.05, 3.63) is 24.3 Å². The molecule has 0 radical (unpaired) electrons. The first-order valence-corrected chi connectivity index (χ1v) is 24.3. The van der Waals surface area contributed by atoms with E-state index in [9.17, 15) is 19.4 Å². The van der Waals surface area contributed by atoms with Crippen molar-refractivity contribution in [1.82, 2.24) is 0 Å². The van der Waals surface area contributed by atoms with Gasteiger partial charge in [0.05, 0.1) is 26.4 Å². The van der Waals surface area contributed by atoms with E-state index in [2.05, 4.69) is 38.2 Å². The fourth-order valence-corrected chi connectivity index (χ4v) is 7.13. The maximum Gasteiger partial charge on any atom is 0.472 e. The zero-order chi connectivity index (χ0) is 40.3. The quantitative estimate of drug-likeness (QED) is 0.0238. The lowest BCUT2D eigenvalue weighted by atomic mass is 10.1. The molecule has 0 aromatic heterocycles. The van der Waals surface area contributed by atoms with Crippen LogP contribution in [0, 0.1) is 0 Å². The number of esters is 1. The third-order valence-electron chi connectivity index (χ3n) is 9.86. The van der Waals surface area contributed by atoms with E-state index in [1.807, 2.05) is 0 Å². The minimum Gasteiger partial charge on any atom is -0.457 e. The smallest absolute Gasteiger partial charge is 0.457 e. The molecule has 0 saturated heterocycles. The maximum absolute atomic E-state index is 12.6. The highest BCUT2D eigenvalue weighted by atomic mass is 31.2. The van der Waals surface area contributed by atoms with Crippen molar-refractivity contribution in [1.29, 1.82) is 0 Å². The Bertz CT molecular complexity index is 913. The molecule has 0 fully saturated rings. The molecule has 0 rings (SSSR count). The number of aliphatic hydroxyl groups is 2. The van der Waals surface area contributed by atoms with Crippen molar-refractivity contribution < 1.29 is 43.0 Å². The zero-order valence-corrected chi connectivity index (χ0v) is 36.6. The monoisotopic (exact) mass is 803 g/mol. The van der Waals surface area contributed by atoms with Gasteiger partial charge < -0.3 is 24.6 Å². The van der Waals surface area contributed by atoms with Crippen LogP contribution in [0.4, 0.5) is 0 Å². The zero-order valence-electron chi connectivity index (χ0n) is 35.7. The van der Waals surface area contributed by atoms with Gasteiger partial charge in [-0.1, -0.05) is 167 Å². The standard InChI is InChI=1S/C45H87O9P/c1-3-5-7-9-11-13-15-17-19-20-21-22-23-24-26-28-30-32-34-36-38-51-41-44(42-53-55(49,50)52-40-43(47)39-46)54-45(48)37-35-33-31-29-27-25-18-16-14-12-10-8-6-4-2/h16-19,43-44,46-47H,3-15,20-42H2,1-2H3,(H,49,50)/b18-16-,19-17-. The molecule has 0 heterocycles. The summed E-state index contributed by atoms with van der Waals surface area (Å²) in [4.78, 5) is 22.6. The number of phosphoric acid groups is 1. The molecule has 0 saturated carbocycles. The van der Waals surface area contributed by atoms with Crippen molar-refractivity contribution in [2.75, 3.05) is 33.0 Å². The predicted octanol–water partition coefficient (Wildman–Crippen LogP) is 12.6. The van der Waals surface area contributed by atoms with E-state index in [1.54, 1.807) is 0 Å². The van der Waals surface area contributed by atoms with E-state index in [-0.39, 0.29) is 25.6 Å². The summed E-state index contributed by atoms with van der Waals surface area (Å²) in [6.45, 7) is 3.52. The topological polar surface area (TPSA) is 132 Å². The van der Waals surface area contributed by atoms with Crippen LogP contribution < -0.4 is 0 Å². The lowest BCUT2D eigenvalue weighted by Crippen LogP contribution is -2.29. The Kier molecular flexibility index (Phi) is 41.7. The number of carbonyl (C=O) groups excluding carboxylic acids is 1. The van der Waals surface area contributed by atoms with Gasteiger partial charge in [-0.25, -0.2) is 4.57 Å². The number of aliphatic hydroxyl groups excluding tert-OH is 2. The van der Waals surface area contributed by atoms with Crippen LogP contribution in [0.5, 0.6) is 0 Å². The molecule has 0 aliphatic heterocycles. The Hall–Kier alpha value is -1.06. The van der Waals surface area contributed by atoms with Crippen molar-refractivity contribution in [3.8, 4) is 0 Å². The second-order valence-corrected chi connectivity index (χ2v) is 16.9. The average molecular weight is 803 g/mol. The molecular formula is C45H87O9P. The van der Waals surface area contributed by atoms with Crippen molar-refractivity contribution >= 4 is 13.8 Å². The van der Waals surface area contributed by atoms with Crippen LogP contribution in [0.15, 0.2) is 24.3 Å². The number of carbonyl (C=O) groups is 1. The molecule has 0 bridgehead atoms. The lowest BCUT2D eigenvalue weighted by Gasteiger charge is -2.20. The number of unbranched alkanes of at least 4 members (excludes halogenated alkanes) is 26. The highest BCUT2D eigenvalue weighted by molar-refractivity contribution is 7.47. The van der Waals surface area contributed by atoms with Gasteiger partial charge in [-0.3, -0.25) is 13.8 Å². The Morgan fingerprint density at radius 2 is 0.927 bits per heavy atom. The van der Waals surface area contributed by atoms with E-state index in [0.29, 0.717) is 6.61 Å². The summed E-state index contributed by atoms with van der Waals surface area (Å²) in [7, 11) is -4.52. The highest BCUT2D eigenvalue weighted by Crippen LogP contribution is 2.43. The maximum atomic E-state index is 12.6. The molecule has 0 amide bonds. The van der Waals surface area contributed by atoms with Crippen LogP contribution in [0.1, 0.15) is 213 Å². The van der Waals surface area contributed by atoms with Crippen LogP contribution in [0.2, 0.25) is 0 Å². The molecule has 10 heteroatoms. The molecule has 0 aromatic rings. The SMILES string of the molecule is CCCCCCC/C=C\CCCCCCCC(=O)OC(COCCCCCCCCCCCC/C=C\CCCCCCCC)COP(=O)(O)OCC(O)CO. The van der Waals surface area contributed by atoms with Gasteiger partial charge in [0, 0.05) is 13.0 Å². The molecule has 3 atom stereocenters. The fourth-order valence-electron chi connectivity index (χ4n) is 6.35. The van der Waals surface area contributed by atoms with Crippen LogP contribution in [-0.2, 0) is 27.9 Å². The minimum atomic E-state index is -4.52. The second kappa shape index (κ2) is 42.5. The summed E-state index contributed by atoms with van der Waals surface area (Å²) in [5, 5.41) is 18.4. The molecule has 0 spiro atoms. The van der Waals surface area contributed by atoms with Crippen LogP contribution >= 0.6 is 7.82 Å². The van der Waals surface area contributed by atoms with Gasteiger partial charge >= 0.3 is 13.8 Å². The fraction of sp³-hybridized carbons (Fsp3) is 0.889. The molecule has 3 N–H and O–H groups in total. The summed E-state index contributed by atoms with van der Waals surface area (Å²) in [6.07, 6.45) is 44.2. The van der Waals surface area contributed by atoms with Crippen molar-refractivity contribution in [3.63, 3.8) is 0 Å². The van der Waals surface area contributed by atoms with E-state index < -0.39 is 33.2 Å². The Labute approximate surface area is 338 Å². The normalized spacial score (nSPS) is 14.2. The number of phosphoric ester groups is 1. The Morgan fingerprint density at radius 3 is 1.36 bits per heavy atom. The first-order valence-electron chi connectivity index (χ1n) is 22.8. The molecule has 326 valence electrons. The van der Waals surface area contributed by atoms with Gasteiger partial charge in [-0.05, 0) is 64.2 Å². The van der Waals surface area contributed by atoms with E-state index in [1.165, 1.54) is 135 Å². The average Bonchev–Trinajstić information content (AvgIpc) is 3.18. The van der Waals surface area contributed by atoms with Crippen molar-refractivity contribution in [2.45, 2.75) is 225 Å². The third kappa shape index (κ3) is 42.4. The number of hydrogen-bond donors (Lipinski definition) is 3. The largest absolute Gasteiger partial charge is 0.472 e. The summed E-state index contributed by atoms with van der Waals surface area (Å²) < 4.78 is 33.4. The molecule has 55 heavy (non-hydrogen) atoms. The molecular weight excluding hydrogens is 715 g/mol. The van der Waals surface area contributed by atoms with E-state index in [4.69, 9.17) is 23.6 Å². The number of ether oxygens (including phenoxy) is 2. The lowest BCUT2D eigenvalue weighted by molar-refractivity contribution is -0.154. The molecule has 3 unspecified atom stereocenters. The summed E-state index contributed by atoms with van der Waals surface area (Å²) >= 11 is 0. The van der Waals surface area contributed by atoms with Crippen LogP contribution in [0.25, 0.3) is 0 Å². The van der Waals surface area contributed by atoms with Crippen LogP contribution in [-0.4, -0.2) is 66.3 Å². The van der Waals surface area contributed by atoms with Crippen LogP contribution in [0.3, 0.4) is 0 Å². The molecule has 0 aromatic carbocycles. The predicted molar refractivity (Wildman–Crippen MR) is 228 cm³/mol. The van der Waals surface area contributed by atoms with Gasteiger partial charge in [-0.2, -0.15) is 0 Å². The van der Waals surface area contributed by atoms with Gasteiger partial charge in [-0.15, -0.1) is 0 Å². The van der Waals surface area contributed by atoms with Gasteiger partial charge in [0.1, 0.15) is 12.2 Å². The number of allylic oxidation sites excluding steroid dienone is 4. The molecule has 9 nitrogen and oxygen atoms in total.